The van der Waals surface area contributed by atoms with Crippen molar-refractivity contribution in [3.05, 3.63) is 32.1 Å². The molecule has 21 heavy (non-hydrogen) atoms. The number of aryl methyl sites for hydroxylation is 1. The lowest BCUT2D eigenvalue weighted by atomic mass is 10.1. The number of rotatable bonds is 1. The van der Waals surface area contributed by atoms with Gasteiger partial charge in [0.15, 0.2) is 0 Å². The number of nitrogens with one attached hydrogen (secondary N) is 1. The van der Waals surface area contributed by atoms with Crippen LogP contribution >= 0.6 is 27.5 Å². The molecular formula is C13H11BrClN3O3. The molecule has 0 spiro atoms. The quantitative estimate of drug-likeness (QED) is 0.775. The van der Waals surface area contributed by atoms with E-state index in [1.807, 2.05) is 0 Å². The summed E-state index contributed by atoms with van der Waals surface area (Å²) < 4.78 is 3.53. The Morgan fingerprint density at radius 3 is 2.71 bits per heavy atom. The average Bonchev–Trinajstić information content (AvgIpc) is 2.63. The van der Waals surface area contributed by atoms with Gasteiger partial charge in [-0.3, -0.25) is 24.0 Å². The van der Waals surface area contributed by atoms with Crippen molar-refractivity contribution in [2.45, 2.75) is 18.9 Å². The number of aromatic nitrogens is 2. The monoisotopic (exact) mass is 371 g/mol. The lowest BCUT2D eigenvalue weighted by molar-refractivity contribution is -0.135. The fourth-order valence-electron chi connectivity index (χ4n) is 2.66. The summed E-state index contributed by atoms with van der Waals surface area (Å²) in [5.74, 6) is -0.777. The molecular weight excluding hydrogens is 362 g/mol. The second kappa shape index (κ2) is 4.99. The van der Waals surface area contributed by atoms with Crippen LogP contribution in [-0.2, 0) is 16.6 Å². The summed E-state index contributed by atoms with van der Waals surface area (Å²) in [7, 11) is 1.63. The molecule has 1 saturated heterocycles. The molecule has 110 valence electrons. The van der Waals surface area contributed by atoms with E-state index in [0.29, 0.717) is 26.9 Å². The maximum Gasteiger partial charge on any atom is 0.329 e. The number of benzene rings is 1. The molecule has 3 rings (SSSR count). The summed E-state index contributed by atoms with van der Waals surface area (Å²) in [6.45, 7) is 0. The van der Waals surface area contributed by atoms with E-state index in [1.165, 1.54) is 9.13 Å². The maximum atomic E-state index is 12.5. The van der Waals surface area contributed by atoms with Gasteiger partial charge in [0.1, 0.15) is 6.04 Å². The van der Waals surface area contributed by atoms with Gasteiger partial charge < -0.3 is 0 Å². The van der Waals surface area contributed by atoms with Gasteiger partial charge in [0, 0.05) is 23.0 Å². The largest absolute Gasteiger partial charge is 0.329 e. The van der Waals surface area contributed by atoms with E-state index in [0.717, 1.165) is 0 Å². The van der Waals surface area contributed by atoms with Gasteiger partial charge in [-0.15, -0.1) is 0 Å². The highest BCUT2D eigenvalue weighted by atomic mass is 79.9. The molecule has 2 amide bonds. The Morgan fingerprint density at radius 1 is 1.33 bits per heavy atom. The first-order valence-electron chi connectivity index (χ1n) is 6.30. The Labute approximate surface area is 132 Å². The van der Waals surface area contributed by atoms with Crippen LogP contribution in [0.15, 0.2) is 21.4 Å². The van der Waals surface area contributed by atoms with Crippen molar-refractivity contribution in [3.8, 4) is 0 Å². The number of carbonyl (C=O) groups excluding carboxylic acids is 2. The molecule has 2 heterocycles. The third kappa shape index (κ3) is 2.20. The highest BCUT2D eigenvalue weighted by molar-refractivity contribution is 9.10. The van der Waals surface area contributed by atoms with Crippen LogP contribution in [0.25, 0.3) is 11.0 Å². The van der Waals surface area contributed by atoms with Gasteiger partial charge in [0.2, 0.25) is 11.8 Å². The van der Waals surface area contributed by atoms with E-state index in [4.69, 9.17) is 11.6 Å². The van der Waals surface area contributed by atoms with Crippen LogP contribution in [0.3, 0.4) is 0 Å². The van der Waals surface area contributed by atoms with Crippen molar-refractivity contribution >= 4 is 50.4 Å². The number of carbonyl (C=O) groups is 2. The summed E-state index contributed by atoms with van der Waals surface area (Å²) in [6, 6.07) is 2.63. The Bertz CT molecular complexity index is 839. The van der Waals surface area contributed by atoms with E-state index < -0.39 is 11.9 Å². The van der Waals surface area contributed by atoms with Crippen molar-refractivity contribution in [1.82, 2.24) is 14.5 Å². The summed E-state index contributed by atoms with van der Waals surface area (Å²) in [5, 5.41) is 2.73. The molecule has 1 aromatic heterocycles. The van der Waals surface area contributed by atoms with Crippen LogP contribution < -0.4 is 11.0 Å². The molecule has 0 aliphatic carbocycles. The first-order chi connectivity index (χ1) is 9.90. The number of halogens is 2. The molecule has 0 bridgehead atoms. The smallest absolute Gasteiger partial charge is 0.295 e. The number of fused-ring (bicyclic) bond motifs is 1. The van der Waals surface area contributed by atoms with E-state index in [9.17, 15) is 14.4 Å². The van der Waals surface area contributed by atoms with Gasteiger partial charge in [0.05, 0.1) is 11.0 Å². The molecule has 0 radical (unpaired) electrons. The second-order valence-electron chi connectivity index (χ2n) is 4.93. The van der Waals surface area contributed by atoms with Gasteiger partial charge in [-0.05, 0) is 34.5 Å². The van der Waals surface area contributed by atoms with Gasteiger partial charge in [-0.1, -0.05) is 11.6 Å². The van der Waals surface area contributed by atoms with E-state index >= 15 is 0 Å². The summed E-state index contributed by atoms with van der Waals surface area (Å²) in [4.78, 5) is 35.8. The highest BCUT2D eigenvalue weighted by Gasteiger charge is 2.31. The minimum absolute atomic E-state index is 0.209. The highest BCUT2D eigenvalue weighted by Crippen LogP contribution is 2.30. The molecule has 8 heteroatoms. The third-order valence-electron chi connectivity index (χ3n) is 3.62. The van der Waals surface area contributed by atoms with Crippen molar-refractivity contribution in [3.63, 3.8) is 0 Å². The van der Waals surface area contributed by atoms with Crippen molar-refractivity contribution in [2.75, 3.05) is 0 Å². The fourth-order valence-corrected chi connectivity index (χ4v) is 3.72. The maximum absolute atomic E-state index is 12.5. The lowest BCUT2D eigenvalue weighted by Gasteiger charge is -2.21. The molecule has 1 aliphatic heterocycles. The third-order valence-corrected chi connectivity index (χ3v) is 4.44. The summed E-state index contributed by atoms with van der Waals surface area (Å²) in [5.41, 5.74) is 0.910. The predicted octanol–water partition coefficient (Wildman–Crippen LogP) is 1.73. The average molecular weight is 373 g/mol. The number of imidazole rings is 1. The van der Waals surface area contributed by atoms with Gasteiger partial charge >= 0.3 is 5.69 Å². The second-order valence-corrected chi connectivity index (χ2v) is 6.22. The number of nitrogens with zero attached hydrogens (tertiary/aromatic N) is 2. The van der Waals surface area contributed by atoms with Crippen molar-refractivity contribution in [1.29, 1.82) is 0 Å². The van der Waals surface area contributed by atoms with E-state index in [1.54, 1.807) is 19.2 Å². The molecule has 2 aromatic rings. The Hall–Kier alpha value is -1.60. The summed E-state index contributed by atoms with van der Waals surface area (Å²) in [6.07, 6.45) is 0.509. The summed E-state index contributed by atoms with van der Waals surface area (Å²) >= 11 is 9.43. The van der Waals surface area contributed by atoms with E-state index in [2.05, 4.69) is 21.2 Å². The van der Waals surface area contributed by atoms with Crippen molar-refractivity contribution in [2.24, 2.45) is 7.05 Å². The Balaban J connectivity index is 2.28. The van der Waals surface area contributed by atoms with Crippen molar-refractivity contribution < 1.29 is 9.59 Å². The zero-order chi connectivity index (χ0) is 15.3. The van der Waals surface area contributed by atoms with Crippen LogP contribution in [-0.4, -0.2) is 20.9 Å². The van der Waals surface area contributed by atoms with E-state index in [-0.39, 0.29) is 18.0 Å². The SMILES string of the molecule is Cn1c(=O)n(C2CCC(=O)NC2=O)c2cc(Cl)cc(Br)c21. The van der Waals surface area contributed by atoms with Gasteiger partial charge in [-0.2, -0.15) is 0 Å². The predicted molar refractivity (Wildman–Crippen MR) is 81.3 cm³/mol. The number of imide groups is 1. The van der Waals surface area contributed by atoms with Gasteiger partial charge in [0.25, 0.3) is 0 Å². The molecule has 1 fully saturated rings. The minimum Gasteiger partial charge on any atom is -0.295 e. The topological polar surface area (TPSA) is 73.1 Å². The van der Waals surface area contributed by atoms with Crippen LogP contribution in [0, 0.1) is 0 Å². The van der Waals surface area contributed by atoms with Crippen LogP contribution in [0.2, 0.25) is 5.02 Å². The van der Waals surface area contributed by atoms with Gasteiger partial charge in [-0.25, -0.2) is 4.79 Å². The minimum atomic E-state index is -0.704. The lowest BCUT2D eigenvalue weighted by Crippen LogP contribution is -2.44. The molecule has 1 unspecified atom stereocenters. The molecule has 0 saturated carbocycles. The fraction of sp³-hybridized carbons (Fsp3) is 0.308. The first kappa shape index (κ1) is 14.3. The van der Waals surface area contributed by atoms with Crippen LogP contribution in [0.4, 0.5) is 0 Å². The Morgan fingerprint density at radius 2 is 2.05 bits per heavy atom. The molecule has 1 aromatic carbocycles. The molecule has 6 nitrogen and oxygen atoms in total. The standard InChI is InChI=1S/C13H11BrClN3O3/c1-17-11-7(14)4-6(15)5-9(11)18(13(17)21)8-2-3-10(19)16-12(8)20/h4-5,8H,2-3H2,1H3,(H,16,19,20). The Kier molecular flexibility index (Phi) is 3.41. The van der Waals surface area contributed by atoms with Crippen LogP contribution in [0.5, 0.6) is 0 Å². The zero-order valence-corrected chi connectivity index (χ0v) is 13.4. The number of hydrogen-bond acceptors (Lipinski definition) is 3. The molecule has 1 atom stereocenters. The molecule has 1 N–H and O–H groups in total. The normalized spacial score (nSPS) is 19.1. The van der Waals surface area contributed by atoms with Crippen LogP contribution in [0.1, 0.15) is 18.9 Å². The first-order valence-corrected chi connectivity index (χ1v) is 7.47. The zero-order valence-electron chi connectivity index (χ0n) is 11.0. The number of hydrogen-bond donors (Lipinski definition) is 1. The molecule has 1 aliphatic rings. The number of amides is 2. The number of piperidine rings is 1.